The number of alkyl carbamates (subject to hydrolysis) is 1. The predicted octanol–water partition coefficient (Wildman–Crippen LogP) is 2.00. The molecule has 37 heavy (non-hydrogen) atoms. The highest BCUT2D eigenvalue weighted by molar-refractivity contribution is 5.91. The normalized spacial score (nSPS) is 22.3. The van der Waals surface area contributed by atoms with Crippen LogP contribution < -0.4 is 16.4 Å². The number of amides is 3. The summed E-state index contributed by atoms with van der Waals surface area (Å²) in [5, 5.41) is 5.76. The lowest BCUT2D eigenvalue weighted by molar-refractivity contribution is -0.144. The summed E-state index contributed by atoms with van der Waals surface area (Å²) < 4.78 is 11.3. The highest BCUT2D eigenvalue weighted by Crippen LogP contribution is 2.37. The van der Waals surface area contributed by atoms with E-state index in [0.717, 1.165) is 11.1 Å². The average Bonchev–Trinajstić information content (AvgIpc) is 2.88. The first-order chi connectivity index (χ1) is 17.7. The molecular formula is C28H36N4O5. The second kappa shape index (κ2) is 11.3. The van der Waals surface area contributed by atoms with Crippen LogP contribution in [0.3, 0.4) is 0 Å². The maximum absolute atomic E-state index is 13.8. The number of ether oxygens (including phenoxy) is 2. The van der Waals surface area contributed by atoms with Gasteiger partial charge in [-0.2, -0.15) is 0 Å². The minimum absolute atomic E-state index is 0.00833. The lowest BCUT2D eigenvalue weighted by atomic mass is 9.71. The minimum atomic E-state index is -1.15. The zero-order valence-electron chi connectivity index (χ0n) is 21.4. The van der Waals surface area contributed by atoms with Gasteiger partial charge in [-0.1, -0.05) is 60.7 Å². The molecule has 2 saturated heterocycles. The molecule has 0 saturated carbocycles. The molecule has 2 heterocycles. The fraction of sp³-hybridized carbons (Fsp3) is 0.464. The van der Waals surface area contributed by atoms with E-state index in [1.54, 1.807) is 18.7 Å². The van der Waals surface area contributed by atoms with Crippen molar-refractivity contribution in [3.8, 4) is 0 Å². The quantitative estimate of drug-likeness (QED) is 0.476. The lowest BCUT2D eigenvalue weighted by Gasteiger charge is -2.50. The summed E-state index contributed by atoms with van der Waals surface area (Å²) in [5.41, 5.74) is 6.43. The molecule has 4 rings (SSSR count). The third-order valence-electron chi connectivity index (χ3n) is 7.01. The Balaban J connectivity index is 1.51. The van der Waals surface area contributed by atoms with Crippen LogP contribution in [0.5, 0.6) is 0 Å². The van der Waals surface area contributed by atoms with Gasteiger partial charge in [-0.15, -0.1) is 0 Å². The Morgan fingerprint density at radius 1 is 1.16 bits per heavy atom. The van der Waals surface area contributed by atoms with E-state index in [2.05, 4.69) is 10.6 Å². The molecule has 2 aliphatic heterocycles. The Morgan fingerprint density at radius 2 is 1.81 bits per heavy atom. The van der Waals surface area contributed by atoms with E-state index in [1.807, 2.05) is 60.7 Å². The number of nitrogens with two attached hydrogens (primary N) is 1. The molecule has 9 nitrogen and oxygen atoms in total. The highest BCUT2D eigenvalue weighted by Gasteiger charge is 2.50. The number of nitrogens with zero attached hydrogens (tertiary/aromatic N) is 1. The summed E-state index contributed by atoms with van der Waals surface area (Å²) in [7, 11) is 0. The zero-order valence-corrected chi connectivity index (χ0v) is 21.4. The number of carbonyl (C=O) groups is 3. The molecule has 2 aliphatic rings. The van der Waals surface area contributed by atoms with Gasteiger partial charge in [-0.3, -0.25) is 9.59 Å². The number of rotatable bonds is 9. The van der Waals surface area contributed by atoms with Crippen LogP contribution in [0.4, 0.5) is 4.79 Å². The van der Waals surface area contributed by atoms with Crippen LogP contribution in [0.1, 0.15) is 31.4 Å². The molecule has 0 bridgehead atoms. The Bertz CT molecular complexity index is 1090. The van der Waals surface area contributed by atoms with Gasteiger partial charge in [-0.25, -0.2) is 4.79 Å². The topological polar surface area (TPSA) is 123 Å². The van der Waals surface area contributed by atoms with E-state index in [0.29, 0.717) is 32.5 Å². The number of fused-ring (bicyclic) bond motifs is 1. The van der Waals surface area contributed by atoms with E-state index < -0.39 is 29.0 Å². The zero-order chi connectivity index (χ0) is 26.5. The van der Waals surface area contributed by atoms with Crippen LogP contribution >= 0.6 is 0 Å². The molecule has 2 unspecified atom stereocenters. The number of benzene rings is 2. The van der Waals surface area contributed by atoms with Gasteiger partial charge in [-0.05, 0) is 37.8 Å². The monoisotopic (exact) mass is 508 g/mol. The first-order valence-corrected chi connectivity index (χ1v) is 12.6. The van der Waals surface area contributed by atoms with Crippen LogP contribution in [0.15, 0.2) is 60.7 Å². The first kappa shape index (κ1) is 26.6. The maximum atomic E-state index is 13.8. The van der Waals surface area contributed by atoms with E-state index >= 15 is 0 Å². The van der Waals surface area contributed by atoms with Crippen molar-refractivity contribution < 1.29 is 23.9 Å². The van der Waals surface area contributed by atoms with Crippen LogP contribution in [-0.2, 0) is 32.1 Å². The van der Waals surface area contributed by atoms with Crippen molar-refractivity contribution in [1.82, 2.24) is 15.5 Å². The van der Waals surface area contributed by atoms with Crippen molar-refractivity contribution in [2.24, 2.45) is 11.1 Å². The van der Waals surface area contributed by atoms with E-state index in [-0.39, 0.29) is 25.2 Å². The van der Waals surface area contributed by atoms with Crippen molar-refractivity contribution in [2.75, 3.05) is 26.3 Å². The number of hydrogen-bond acceptors (Lipinski definition) is 6. The first-order valence-electron chi connectivity index (χ1n) is 12.6. The molecule has 0 aromatic heterocycles. The second-order valence-corrected chi connectivity index (χ2v) is 10.6. The Hall–Kier alpha value is -3.43. The van der Waals surface area contributed by atoms with Crippen LogP contribution in [0.25, 0.3) is 0 Å². The van der Waals surface area contributed by atoms with Gasteiger partial charge in [0.25, 0.3) is 0 Å². The molecule has 0 radical (unpaired) electrons. The smallest absolute Gasteiger partial charge is 0.407 e. The van der Waals surface area contributed by atoms with Gasteiger partial charge in [0, 0.05) is 24.5 Å². The molecule has 2 fully saturated rings. The van der Waals surface area contributed by atoms with Gasteiger partial charge in [0.2, 0.25) is 11.8 Å². The number of nitrogens with one attached hydrogen (secondary N) is 2. The summed E-state index contributed by atoms with van der Waals surface area (Å²) >= 11 is 0. The lowest BCUT2D eigenvalue weighted by Crippen LogP contribution is -2.67. The molecule has 9 heteroatoms. The number of cyclic esters (lactones) is 1. The fourth-order valence-electron chi connectivity index (χ4n) is 4.95. The van der Waals surface area contributed by atoms with E-state index in [9.17, 15) is 14.4 Å². The Morgan fingerprint density at radius 3 is 2.46 bits per heavy atom. The minimum Gasteiger partial charge on any atom is -0.449 e. The van der Waals surface area contributed by atoms with Gasteiger partial charge in [0.15, 0.2) is 0 Å². The molecule has 3 atom stereocenters. The molecular weight excluding hydrogens is 472 g/mol. The number of carbonyl (C=O) groups excluding carboxylic acids is 3. The van der Waals surface area contributed by atoms with Crippen molar-refractivity contribution in [1.29, 1.82) is 0 Å². The van der Waals surface area contributed by atoms with Crippen LogP contribution in [0, 0.1) is 5.41 Å². The SMILES string of the molecule is CC(C)(N)C(=O)N[C@H](COCc1ccccc1)C(=O)N1CCC2NC(=O)OCC2(Cc2ccccc2)C1. The number of piperidine rings is 1. The van der Waals surface area contributed by atoms with Gasteiger partial charge in [0.05, 0.1) is 18.8 Å². The van der Waals surface area contributed by atoms with Crippen molar-refractivity contribution in [2.45, 2.75) is 50.9 Å². The Labute approximate surface area is 217 Å². The van der Waals surface area contributed by atoms with Gasteiger partial charge >= 0.3 is 6.09 Å². The van der Waals surface area contributed by atoms with Gasteiger partial charge < -0.3 is 30.7 Å². The summed E-state index contributed by atoms with van der Waals surface area (Å²) in [6, 6.07) is 18.6. The third-order valence-corrected chi connectivity index (χ3v) is 7.01. The largest absolute Gasteiger partial charge is 0.449 e. The highest BCUT2D eigenvalue weighted by atomic mass is 16.6. The van der Waals surface area contributed by atoms with Crippen LogP contribution in [0.2, 0.25) is 0 Å². The van der Waals surface area contributed by atoms with Crippen molar-refractivity contribution in [3.63, 3.8) is 0 Å². The van der Waals surface area contributed by atoms with E-state index in [1.165, 1.54) is 0 Å². The summed E-state index contributed by atoms with van der Waals surface area (Å²) in [6.45, 7) is 4.54. The molecule has 3 amide bonds. The van der Waals surface area contributed by atoms with Gasteiger partial charge in [0.1, 0.15) is 12.6 Å². The van der Waals surface area contributed by atoms with Crippen molar-refractivity contribution >= 4 is 17.9 Å². The average molecular weight is 509 g/mol. The predicted molar refractivity (Wildman–Crippen MR) is 138 cm³/mol. The summed E-state index contributed by atoms with van der Waals surface area (Å²) in [6.07, 6.45) is 0.791. The standard InChI is InChI=1S/C28H36N4O5/c1-27(2,29)25(34)30-22(17-36-16-21-11-7-4-8-12-21)24(33)32-14-13-23-28(18-32,19-37-26(35)31-23)15-20-9-5-3-6-10-20/h3-12,22-23H,13-19,29H2,1-2H3,(H,30,34)(H,31,35)/t22-,23?,28?/m1/s1. The molecule has 2 aromatic rings. The number of likely N-dealkylation sites (tertiary alicyclic amines) is 1. The summed E-state index contributed by atoms with van der Waals surface area (Å²) in [4.78, 5) is 40.3. The number of hydrogen-bond donors (Lipinski definition) is 3. The Kier molecular flexibility index (Phi) is 8.14. The van der Waals surface area contributed by atoms with Crippen LogP contribution in [-0.4, -0.2) is 66.7 Å². The molecule has 0 spiro atoms. The fourth-order valence-corrected chi connectivity index (χ4v) is 4.95. The second-order valence-electron chi connectivity index (χ2n) is 10.6. The molecule has 2 aromatic carbocycles. The molecule has 4 N–H and O–H groups in total. The molecule has 0 aliphatic carbocycles. The van der Waals surface area contributed by atoms with E-state index in [4.69, 9.17) is 15.2 Å². The van der Waals surface area contributed by atoms with Crippen molar-refractivity contribution in [3.05, 3.63) is 71.8 Å². The third kappa shape index (κ3) is 6.67. The maximum Gasteiger partial charge on any atom is 0.407 e. The summed E-state index contributed by atoms with van der Waals surface area (Å²) in [5.74, 6) is -0.676. The molecule has 198 valence electrons.